The Balaban J connectivity index is 3.25. The van der Waals surface area contributed by atoms with Gasteiger partial charge in [-0.15, -0.1) is 0 Å². The molecule has 4 nitrogen and oxygen atoms in total. The van der Waals surface area contributed by atoms with Gasteiger partial charge in [0, 0.05) is 13.2 Å². The number of unbranched alkanes of at least 4 members (excludes halogenated alkanes) is 3. The summed E-state index contributed by atoms with van der Waals surface area (Å²) in [5, 5.41) is 2.66. The van der Waals surface area contributed by atoms with Crippen LogP contribution in [0.4, 0.5) is 4.79 Å². The Morgan fingerprint density at radius 1 is 1.12 bits per heavy atom. The minimum absolute atomic E-state index is 0.382. The zero-order valence-corrected chi connectivity index (χ0v) is 11.7. The van der Waals surface area contributed by atoms with E-state index in [2.05, 4.69) is 12.2 Å². The first-order valence-corrected chi connectivity index (χ1v) is 6.50. The molecule has 0 saturated heterocycles. The molecule has 0 aliphatic rings. The van der Waals surface area contributed by atoms with Crippen LogP contribution in [0.5, 0.6) is 0 Å². The van der Waals surface area contributed by atoms with Crippen LogP contribution in [0.25, 0.3) is 0 Å². The van der Waals surface area contributed by atoms with Gasteiger partial charge in [-0.05, 0) is 27.2 Å². The predicted molar refractivity (Wildman–Crippen MR) is 69.2 cm³/mol. The Morgan fingerprint density at radius 2 is 1.82 bits per heavy atom. The maximum atomic E-state index is 11.2. The van der Waals surface area contributed by atoms with Crippen LogP contribution in [0.15, 0.2) is 0 Å². The van der Waals surface area contributed by atoms with Crippen molar-refractivity contribution in [3.05, 3.63) is 0 Å². The highest BCUT2D eigenvalue weighted by atomic mass is 16.6. The minimum Gasteiger partial charge on any atom is -0.444 e. The molecule has 1 N–H and O–H groups in total. The van der Waals surface area contributed by atoms with Crippen molar-refractivity contribution in [2.24, 2.45) is 0 Å². The second-order valence-electron chi connectivity index (χ2n) is 5.10. The van der Waals surface area contributed by atoms with Crippen LogP contribution in [0, 0.1) is 0 Å². The number of rotatable bonds is 8. The highest BCUT2D eigenvalue weighted by Gasteiger charge is 2.15. The van der Waals surface area contributed by atoms with E-state index in [0.717, 1.165) is 13.0 Å². The topological polar surface area (TPSA) is 47.6 Å². The molecular formula is C13H27NO3. The molecule has 1 amide bonds. The summed E-state index contributed by atoms with van der Waals surface area (Å²) < 4.78 is 10.5. The van der Waals surface area contributed by atoms with Crippen molar-refractivity contribution in [2.75, 3.05) is 19.8 Å². The first kappa shape index (κ1) is 16.2. The number of nitrogens with one attached hydrogen (secondary N) is 1. The maximum absolute atomic E-state index is 11.2. The van der Waals surface area contributed by atoms with Crippen molar-refractivity contribution < 1.29 is 14.3 Å². The van der Waals surface area contributed by atoms with Crippen LogP contribution in [0.2, 0.25) is 0 Å². The van der Waals surface area contributed by atoms with E-state index in [1.807, 2.05) is 20.8 Å². The Labute approximate surface area is 105 Å². The van der Waals surface area contributed by atoms with Crippen molar-refractivity contribution in [2.45, 2.75) is 59.0 Å². The van der Waals surface area contributed by atoms with E-state index in [1.54, 1.807) is 0 Å². The molecule has 0 fully saturated rings. The van der Waals surface area contributed by atoms with Crippen molar-refractivity contribution in [1.82, 2.24) is 5.32 Å². The van der Waals surface area contributed by atoms with Gasteiger partial charge >= 0.3 is 6.09 Å². The highest BCUT2D eigenvalue weighted by Crippen LogP contribution is 2.06. The summed E-state index contributed by atoms with van der Waals surface area (Å²) in [6.07, 6.45) is 4.43. The summed E-state index contributed by atoms with van der Waals surface area (Å²) in [7, 11) is 0. The molecule has 17 heavy (non-hydrogen) atoms. The van der Waals surface area contributed by atoms with Gasteiger partial charge in [0.25, 0.3) is 0 Å². The molecule has 0 bridgehead atoms. The lowest BCUT2D eigenvalue weighted by Gasteiger charge is -2.19. The van der Waals surface area contributed by atoms with Gasteiger partial charge in [0.2, 0.25) is 0 Å². The Kier molecular flexibility index (Phi) is 8.86. The molecule has 0 radical (unpaired) electrons. The van der Waals surface area contributed by atoms with Gasteiger partial charge in [-0.1, -0.05) is 26.2 Å². The highest BCUT2D eigenvalue weighted by molar-refractivity contribution is 5.67. The van der Waals surface area contributed by atoms with E-state index in [4.69, 9.17) is 9.47 Å². The molecular weight excluding hydrogens is 218 g/mol. The summed E-state index contributed by atoms with van der Waals surface area (Å²) in [6, 6.07) is 0. The van der Waals surface area contributed by atoms with Gasteiger partial charge in [-0.2, -0.15) is 0 Å². The lowest BCUT2D eigenvalue weighted by Crippen LogP contribution is -2.34. The van der Waals surface area contributed by atoms with Gasteiger partial charge in [-0.3, -0.25) is 0 Å². The molecule has 0 spiro atoms. The van der Waals surface area contributed by atoms with E-state index in [0.29, 0.717) is 13.2 Å². The average Bonchev–Trinajstić information content (AvgIpc) is 2.19. The number of hydrogen-bond donors (Lipinski definition) is 1. The Morgan fingerprint density at radius 3 is 2.41 bits per heavy atom. The van der Waals surface area contributed by atoms with Gasteiger partial charge in [0.05, 0.1) is 6.61 Å². The number of alkyl carbamates (subject to hydrolysis) is 1. The maximum Gasteiger partial charge on any atom is 0.407 e. The van der Waals surface area contributed by atoms with Crippen molar-refractivity contribution >= 4 is 6.09 Å². The molecule has 0 aromatic heterocycles. The quantitative estimate of drug-likeness (QED) is 0.668. The Bertz CT molecular complexity index is 199. The van der Waals surface area contributed by atoms with Gasteiger partial charge in [-0.25, -0.2) is 4.79 Å². The van der Waals surface area contributed by atoms with E-state index in [-0.39, 0.29) is 6.09 Å². The largest absolute Gasteiger partial charge is 0.444 e. The molecule has 0 saturated carbocycles. The monoisotopic (exact) mass is 245 g/mol. The second kappa shape index (κ2) is 9.28. The van der Waals surface area contributed by atoms with Crippen LogP contribution < -0.4 is 5.32 Å². The fourth-order valence-corrected chi connectivity index (χ4v) is 1.27. The lowest BCUT2D eigenvalue weighted by molar-refractivity contribution is 0.0498. The first-order valence-electron chi connectivity index (χ1n) is 6.50. The molecule has 102 valence electrons. The molecule has 0 aliphatic heterocycles. The molecule has 0 rings (SSSR count). The summed E-state index contributed by atoms with van der Waals surface area (Å²) >= 11 is 0. The summed E-state index contributed by atoms with van der Waals surface area (Å²) in [6.45, 7) is 9.54. The number of carbonyl (C=O) groups is 1. The summed E-state index contributed by atoms with van der Waals surface area (Å²) in [4.78, 5) is 11.2. The third-order valence-corrected chi connectivity index (χ3v) is 2.06. The fourth-order valence-electron chi connectivity index (χ4n) is 1.27. The van der Waals surface area contributed by atoms with Gasteiger partial charge < -0.3 is 14.8 Å². The zero-order chi connectivity index (χ0) is 13.1. The fraction of sp³-hybridized carbons (Fsp3) is 0.923. The third-order valence-electron chi connectivity index (χ3n) is 2.06. The molecule has 0 aromatic carbocycles. The van der Waals surface area contributed by atoms with Crippen LogP contribution >= 0.6 is 0 Å². The van der Waals surface area contributed by atoms with Crippen LogP contribution in [0.1, 0.15) is 53.4 Å². The van der Waals surface area contributed by atoms with E-state index < -0.39 is 5.60 Å². The van der Waals surface area contributed by atoms with E-state index >= 15 is 0 Å². The lowest BCUT2D eigenvalue weighted by atomic mass is 10.2. The van der Waals surface area contributed by atoms with Crippen LogP contribution in [-0.4, -0.2) is 31.5 Å². The molecule has 0 aliphatic carbocycles. The van der Waals surface area contributed by atoms with Crippen molar-refractivity contribution in [1.29, 1.82) is 0 Å². The summed E-state index contributed by atoms with van der Waals surface area (Å²) in [5.74, 6) is 0. The van der Waals surface area contributed by atoms with Crippen LogP contribution in [0.3, 0.4) is 0 Å². The normalized spacial score (nSPS) is 11.3. The van der Waals surface area contributed by atoms with Crippen LogP contribution in [-0.2, 0) is 9.47 Å². The minimum atomic E-state index is -0.439. The second-order valence-corrected chi connectivity index (χ2v) is 5.10. The standard InChI is InChI=1S/C13H27NO3/c1-5-6-7-8-10-16-11-9-14-12(15)17-13(2,3)4/h5-11H2,1-4H3,(H,14,15). The Hall–Kier alpha value is -0.770. The SMILES string of the molecule is CCCCCCOCCNC(=O)OC(C)(C)C. The van der Waals surface area contributed by atoms with Crippen molar-refractivity contribution in [3.63, 3.8) is 0 Å². The van der Waals surface area contributed by atoms with E-state index in [9.17, 15) is 4.79 Å². The number of hydrogen-bond acceptors (Lipinski definition) is 3. The van der Waals surface area contributed by atoms with Gasteiger partial charge in [0.1, 0.15) is 5.60 Å². The molecule has 0 aromatic rings. The third kappa shape index (κ3) is 13.2. The predicted octanol–water partition coefficient (Wildman–Crippen LogP) is 3.11. The summed E-state index contributed by atoms with van der Waals surface area (Å²) in [5.41, 5.74) is -0.439. The van der Waals surface area contributed by atoms with E-state index in [1.165, 1.54) is 19.3 Å². The smallest absolute Gasteiger partial charge is 0.407 e. The number of amides is 1. The number of ether oxygens (including phenoxy) is 2. The molecule has 0 unspecified atom stereocenters. The molecule has 4 heteroatoms. The average molecular weight is 245 g/mol. The number of carbonyl (C=O) groups excluding carboxylic acids is 1. The first-order chi connectivity index (χ1) is 7.95. The van der Waals surface area contributed by atoms with Crippen molar-refractivity contribution in [3.8, 4) is 0 Å². The zero-order valence-electron chi connectivity index (χ0n) is 11.7. The van der Waals surface area contributed by atoms with Gasteiger partial charge in [0.15, 0.2) is 0 Å². The molecule has 0 heterocycles. The molecule has 0 atom stereocenters.